The number of rotatable bonds is 9. The summed E-state index contributed by atoms with van der Waals surface area (Å²) in [6.45, 7) is 22.9. The van der Waals surface area contributed by atoms with Gasteiger partial charge >= 0.3 is 5.97 Å². The standard InChI is InChI=1S/C10H23N.C7H14O2.C2H6/c1-5-11(6-2)9-7-8-10(3)4;1-4-6(3)7(8)9-5-2;1-2/h10H,5-9H2,1-4H3;6H,4-5H2,1-3H3;1-2H3. The van der Waals surface area contributed by atoms with E-state index in [4.69, 9.17) is 4.74 Å². The van der Waals surface area contributed by atoms with Gasteiger partial charge in [-0.3, -0.25) is 4.79 Å². The Balaban J connectivity index is -0.000000299. The predicted octanol–water partition coefficient (Wildman–Crippen LogP) is 5.39. The molecule has 0 aromatic carbocycles. The van der Waals surface area contributed by atoms with E-state index in [-0.39, 0.29) is 11.9 Å². The molecule has 0 aliphatic carbocycles. The van der Waals surface area contributed by atoms with Crippen LogP contribution in [-0.4, -0.2) is 37.1 Å². The van der Waals surface area contributed by atoms with Crippen LogP contribution in [-0.2, 0) is 9.53 Å². The molecule has 0 saturated carbocycles. The van der Waals surface area contributed by atoms with Crippen LogP contribution in [0.4, 0.5) is 0 Å². The number of carbonyl (C=O) groups excluding carboxylic acids is 1. The van der Waals surface area contributed by atoms with Crippen LogP contribution < -0.4 is 0 Å². The van der Waals surface area contributed by atoms with E-state index < -0.39 is 0 Å². The SMILES string of the molecule is CC.CCN(CC)CCCC(C)C.CCOC(=O)C(C)CC. The molecule has 1 atom stereocenters. The third-order valence-corrected chi connectivity index (χ3v) is 3.45. The van der Waals surface area contributed by atoms with E-state index in [0.29, 0.717) is 6.61 Å². The summed E-state index contributed by atoms with van der Waals surface area (Å²) in [6, 6.07) is 0. The first-order valence-electron chi connectivity index (χ1n) is 9.31. The van der Waals surface area contributed by atoms with Gasteiger partial charge in [0.25, 0.3) is 0 Å². The zero-order valence-electron chi connectivity index (χ0n) is 16.9. The van der Waals surface area contributed by atoms with Gasteiger partial charge < -0.3 is 9.64 Å². The van der Waals surface area contributed by atoms with Crippen LogP contribution in [0.25, 0.3) is 0 Å². The summed E-state index contributed by atoms with van der Waals surface area (Å²) in [5, 5.41) is 0. The number of esters is 1. The summed E-state index contributed by atoms with van der Waals surface area (Å²) >= 11 is 0. The Bertz CT molecular complexity index is 213. The molecule has 0 amide bonds. The van der Waals surface area contributed by atoms with Crippen molar-refractivity contribution in [3.63, 3.8) is 0 Å². The number of ether oxygens (including phenoxy) is 1. The molecule has 0 aliphatic rings. The summed E-state index contributed by atoms with van der Waals surface area (Å²) < 4.78 is 4.76. The quantitative estimate of drug-likeness (QED) is 0.534. The highest BCUT2D eigenvalue weighted by atomic mass is 16.5. The van der Waals surface area contributed by atoms with Gasteiger partial charge in [-0.05, 0) is 51.7 Å². The lowest BCUT2D eigenvalue weighted by Gasteiger charge is -2.18. The lowest BCUT2D eigenvalue weighted by atomic mass is 10.1. The smallest absolute Gasteiger partial charge is 0.308 e. The fourth-order valence-electron chi connectivity index (χ4n) is 1.71. The van der Waals surface area contributed by atoms with Gasteiger partial charge in [0.2, 0.25) is 0 Å². The molecule has 0 rings (SSSR count). The zero-order valence-corrected chi connectivity index (χ0v) is 16.9. The normalized spacial score (nSPS) is 11.2. The second-order valence-corrected chi connectivity index (χ2v) is 5.62. The van der Waals surface area contributed by atoms with E-state index in [9.17, 15) is 4.79 Å². The molecule has 1 unspecified atom stereocenters. The Hall–Kier alpha value is -0.570. The number of carbonyl (C=O) groups is 1. The molecule has 0 radical (unpaired) electrons. The Morgan fingerprint density at radius 3 is 1.82 bits per heavy atom. The van der Waals surface area contributed by atoms with Crippen molar-refractivity contribution in [3.8, 4) is 0 Å². The van der Waals surface area contributed by atoms with Gasteiger partial charge in [-0.15, -0.1) is 0 Å². The molecular formula is C19H43NO2. The molecule has 0 saturated heterocycles. The lowest BCUT2D eigenvalue weighted by Crippen LogP contribution is -2.24. The number of nitrogens with zero attached hydrogens (tertiary/aromatic N) is 1. The molecule has 0 spiro atoms. The maximum atomic E-state index is 10.8. The second kappa shape index (κ2) is 20.4. The number of hydrogen-bond donors (Lipinski definition) is 0. The molecule has 0 fully saturated rings. The molecule has 0 bridgehead atoms. The first-order valence-corrected chi connectivity index (χ1v) is 9.31. The minimum atomic E-state index is -0.0833. The van der Waals surface area contributed by atoms with Crippen molar-refractivity contribution in [2.45, 2.75) is 81.6 Å². The van der Waals surface area contributed by atoms with Crippen molar-refractivity contribution in [1.29, 1.82) is 0 Å². The van der Waals surface area contributed by atoms with Crippen molar-refractivity contribution in [3.05, 3.63) is 0 Å². The van der Waals surface area contributed by atoms with Crippen LogP contribution in [0.2, 0.25) is 0 Å². The first-order chi connectivity index (χ1) is 10.4. The highest BCUT2D eigenvalue weighted by Gasteiger charge is 2.09. The van der Waals surface area contributed by atoms with Crippen LogP contribution in [0.15, 0.2) is 0 Å². The van der Waals surface area contributed by atoms with Crippen LogP contribution in [0, 0.1) is 11.8 Å². The third kappa shape index (κ3) is 19.4. The van der Waals surface area contributed by atoms with Gasteiger partial charge in [-0.25, -0.2) is 0 Å². The Morgan fingerprint density at radius 2 is 1.50 bits per heavy atom. The van der Waals surface area contributed by atoms with Gasteiger partial charge in [0.1, 0.15) is 0 Å². The van der Waals surface area contributed by atoms with E-state index in [2.05, 4.69) is 32.6 Å². The van der Waals surface area contributed by atoms with Gasteiger partial charge in [-0.2, -0.15) is 0 Å². The maximum absolute atomic E-state index is 10.8. The summed E-state index contributed by atoms with van der Waals surface area (Å²) in [5.74, 6) is 0.843. The Kier molecular flexibility index (Phi) is 24.5. The van der Waals surface area contributed by atoms with Gasteiger partial charge in [-0.1, -0.05) is 55.4 Å². The van der Waals surface area contributed by atoms with Crippen molar-refractivity contribution >= 4 is 5.97 Å². The zero-order chi connectivity index (χ0) is 18.0. The van der Waals surface area contributed by atoms with Crippen molar-refractivity contribution < 1.29 is 9.53 Å². The molecular weight excluding hydrogens is 274 g/mol. The van der Waals surface area contributed by atoms with Crippen LogP contribution in [0.1, 0.15) is 81.6 Å². The van der Waals surface area contributed by atoms with Gasteiger partial charge in [0.15, 0.2) is 0 Å². The molecule has 0 heterocycles. The summed E-state index contributed by atoms with van der Waals surface area (Å²) in [7, 11) is 0. The highest BCUT2D eigenvalue weighted by molar-refractivity contribution is 5.71. The van der Waals surface area contributed by atoms with Crippen LogP contribution in [0.3, 0.4) is 0 Å². The second-order valence-electron chi connectivity index (χ2n) is 5.62. The minimum absolute atomic E-state index is 0.0601. The van der Waals surface area contributed by atoms with Gasteiger partial charge in [0, 0.05) is 0 Å². The van der Waals surface area contributed by atoms with Crippen molar-refractivity contribution in [2.75, 3.05) is 26.2 Å². The first kappa shape index (κ1) is 26.3. The average Bonchev–Trinajstić information content (AvgIpc) is 2.53. The van der Waals surface area contributed by atoms with Crippen LogP contribution in [0.5, 0.6) is 0 Å². The van der Waals surface area contributed by atoms with E-state index in [1.807, 2.05) is 34.6 Å². The van der Waals surface area contributed by atoms with E-state index in [1.54, 1.807) is 0 Å². The fourth-order valence-corrected chi connectivity index (χ4v) is 1.71. The fraction of sp³-hybridized carbons (Fsp3) is 0.947. The topological polar surface area (TPSA) is 29.5 Å². The highest BCUT2D eigenvalue weighted by Crippen LogP contribution is 2.04. The van der Waals surface area contributed by atoms with Gasteiger partial charge in [0.05, 0.1) is 12.5 Å². The molecule has 22 heavy (non-hydrogen) atoms. The largest absolute Gasteiger partial charge is 0.466 e. The summed E-state index contributed by atoms with van der Waals surface area (Å²) in [5.41, 5.74) is 0. The molecule has 3 heteroatoms. The molecule has 0 aliphatic heterocycles. The van der Waals surface area contributed by atoms with Crippen LogP contribution >= 0.6 is 0 Å². The van der Waals surface area contributed by atoms with Crippen molar-refractivity contribution in [2.24, 2.45) is 11.8 Å². The summed E-state index contributed by atoms with van der Waals surface area (Å²) in [4.78, 5) is 13.2. The predicted molar refractivity (Wildman–Crippen MR) is 99.3 cm³/mol. The summed E-state index contributed by atoms with van der Waals surface area (Å²) in [6.07, 6.45) is 3.59. The Morgan fingerprint density at radius 1 is 1.00 bits per heavy atom. The lowest BCUT2D eigenvalue weighted by molar-refractivity contribution is -0.147. The van der Waals surface area contributed by atoms with E-state index in [1.165, 1.54) is 32.5 Å². The molecule has 0 N–H and O–H groups in total. The molecule has 3 nitrogen and oxygen atoms in total. The molecule has 0 aromatic rings. The average molecular weight is 318 g/mol. The monoisotopic (exact) mass is 317 g/mol. The molecule has 136 valence electrons. The van der Waals surface area contributed by atoms with E-state index in [0.717, 1.165) is 12.3 Å². The maximum Gasteiger partial charge on any atom is 0.308 e. The third-order valence-electron chi connectivity index (χ3n) is 3.45. The number of hydrogen-bond acceptors (Lipinski definition) is 3. The molecule has 0 aromatic heterocycles. The Labute approximate surface area is 140 Å². The van der Waals surface area contributed by atoms with E-state index >= 15 is 0 Å². The minimum Gasteiger partial charge on any atom is -0.466 e. The van der Waals surface area contributed by atoms with Crippen molar-refractivity contribution in [1.82, 2.24) is 4.90 Å².